The minimum absolute atomic E-state index is 0.342. The first-order chi connectivity index (χ1) is 7.84. The molecule has 2 nitrogen and oxygen atoms in total. The van der Waals surface area contributed by atoms with Gasteiger partial charge in [0.2, 0.25) is 0 Å². The van der Waals surface area contributed by atoms with Gasteiger partial charge in [-0.3, -0.25) is 0 Å². The zero-order valence-corrected chi connectivity index (χ0v) is 9.77. The molecule has 0 spiro atoms. The van der Waals surface area contributed by atoms with E-state index in [1.807, 2.05) is 0 Å². The summed E-state index contributed by atoms with van der Waals surface area (Å²) < 4.78 is 0. The Morgan fingerprint density at radius 3 is 2.81 bits per heavy atom. The fourth-order valence-corrected chi connectivity index (χ4v) is 2.37. The van der Waals surface area contributed by atoms with Gasteiger partial charge in [0.1, 0.15) is 6.10 Å². The predicted octanol–water partition coefficient (Wildman–Crippen LogP) is 2.51. The van der Waals surface area contributed by atoms with Crippen LogP contribution in [0.5, 0.6) is 0 Å². The van der Waals surface area contributed by atoms with Gasteiger partial charge in [-0.05, 0) is 44.3 Å². The van der Waals surface area contributed by atoms with Gasteiger partial charge in [0.05, 0.1) is 0 Å². The molecular formula is C14H20NO. The zero-order valence-electron chi connectivity index (χ0n) is 9.77. The van der Waals surface area contributed by atoms with Crippen molar-refractivity contribution in [3.8, 4) is 0 Å². The van der Waals surface area contributed by atoms with Gasteiger partial charge >= 0.3 is 0 Å². The SMILES string of the molecule is [O]C1CCCN(CCCc2ccccc2)C1. The van der Waals surface area contributed by atoms with Crippen LogP contribution >= 0.6 is 0 Å². The summed E-state index contributed by atoms with van der Waals surface area (Å²) in [5, 5.41) is 11.3. The van der Waals surface area contributed by atoms with Gasteiger partial charge in [-0.15, -0.1) is 0 Å². The van der Waals surface area contributed by atoms with Crippen LogP contribution in [0.25, 0.3) is 0 Å². The standard InChI is InChI=1S/C14H20NO/c16-14-9-5-11-15(12-14)10-4-8-13-6-2-1-3-7-13/h1-3,6-7,14H,4-5,8-12H2. The van der Waals surface area contributed by atoms with Gasteiger partial charge in [0, 0.05) is 6.54 Å². The molecule has 1 heterocycles. The summed E-state index contributed by atoms with van der Waals surface area (Å²) in [6.07, 6.45) is 3.90. The van der Waals surface area contributed by atoms with E-state index in [0.717, 1.165) is 45.3 Å². The smallest absolute Gasteiger partial charge is 0.106 e. The van der Waals surface area contributed by atoms with Crippen LogP contribution in [0.4, 0.5) is 0 Å². The number of rotatable bonds is 4. The van der Waals surface area contributed by atoms with Gasteiger partial charge in [-0.2, -0.15) is 0 Å². The first kappa shape index (κ1) is 11.6. The van der Waals surface area contributed by atoms with Crippen LogP contribution in [0, 0.1) is 0 Å². The third-order valence-electron chi connectivity index (χ3n) is 3.24. The van der Waals surface area contributed by atoms with Crippen molar-refractivity contribution in [2.45, 2.75) is 31.8 Å². The van der Waals surface area contributed by atoms with E-state index < -0.39 is 0 Å². The number of likely N-dealkylation sites (tertiary alicyclic amines) is 1. The second-order valence-electron chi connectivity index (χ2n) is 4.65. The minimum atomic E-state index is -0.342. The maximum absolute atomic E-state index is 11.3. The molecule has 1 atom stereocenters. The second-order valence-corrected chi connectivity index (χ2v) is 4.65. The minimum Gasteiger partial charge on any atom is -0.301 e. The maximum Gasteiger partial charge on any atom is 0.106 e. The Hall–Kier alpha value is -0.860. The van der Waals surface area contributed by atoms with Crippen LogP contribution in [-0.2, 0) is 11.5 Å². The summed E-state index contributed by atoms with van der Waals surface area (Å²) in [7, 11) is 0. The Bertz CT molecular complexity index is 299. The molecule has 2 heteroatoms. The van der Waals surface area contributed by atoms with E-state index in [-0.39, 0.29) is 6.10 Å². The van der Waals surface area contributed by atoms with Gasteiger partial charge in [0.25, 0.3) is 0 Å². The van der Waals surface area contributed by atoms with Crippen molar-refractivity contribution < 1.29 is 5.11 Å². The lowest BCUT2D eigenvalue weighted by atomic mass is 10.1. The van der Waals surface area contributed by atoms with Crippen LogP contribution in [0.1, 0.15) is 24.8 Å². The molecule has 1 fully saturated rings. The maximum atomic E-state index is 11.3. The topological polar surface area (TPSA) is 23.1 Å². The highest BCUT2D eigenvalue weighted by Crippen LogP contribution is 2.11. The molecule has 2 rings (SSSR count). The number of benzene rings is 1. The number of piperidine rings is 1. The third kappa shape index (κ3) is 3.62. The predicted molar refractivity (Wildman–Crippen MR) is 64.9 cm³/mol. The molecule has 1 aromatic carbocycles. The van der Waals surface area contributed by atoms with Crippen LogP contribution in [0.15, 0.2) is 30.3 Å². The van der Waals surface area contributed by atoms with Gasteiger partial charge in [-0.1, -0.05) is 30.3 Å². The molecule has 0 bridgehead atoms. The van der Waals surface area contributed by atoms with E-state index in [1.165, 1.54) is 5.56 Å². The van der Waals surface area contributed by atoms with Crippen LogP contribution in [0.3, 0.4) is 0 Å². The van der Waals surface area contributed by atoms with E-state index in [2.05, 4.69) is 35.2 Å². The molecule has 1 radical (unpaired) electrons. The lowest BCUT2D eigenvalue weighted by Gasteiger charge is -2.28. The van der Waals surface area contributed by atoms with E-state index in [4.69, 9.17) is 0 Å². The molecule has 1 unspecified atom stereocenters. The molecule has 0 saturated carbocycles. The summed E-state index contributed by atoms with van der Waals surface area (Å²) >= 11 is 0. The normalized spacial score (nSPS) is 22.2. The van der Waals surface area contributed by atoms with Gasteiger partial charge in [-0.25, -0.2) is 5.11 Å². The van der Waals surface area contributed by atoms with Crippen LogP contribution in [0.2, 0.25) is 0 Å². The highest BCUT2D eigenvalue weighted by molar-refractivity contribution is 5.14. The van der Waals surface area contributed by atoms with E-state index >= 15 is 0 Å². The second kappa shape index (κ2) is 6.02. The summed E-state index contributed by atoms with van der Waals surface area (Å²) in [5.74, 6) is 0. The fourth-order valence-electron chi connectivity index (χ4n) is 2.37. The number of hydrogen-bond donors (Lipinski definition) is 0. The third-order valence-corrected chi connectivity index (χ3v) is 3.24. The first-order valence-electron chi connectivity index (χ1n) is 6.27. The number of nitrogens with zero attached hydrogens (tertiary/aromatic N) is 1. The van der Waals surface area contributed by atoms with Crippen LogP contribution in [-0.4, -0.2) is 30.6 Å². The van der Waals surface area contributed by atoms with Crippen molar-refractivity contribution >= 4 is 0 Å². The van der Waals surface area contributed by atoms with Crippen molar-refractivity contribution in [1.82, 2.24) is 4.90 Å². The van der Waals surface area contributed by atoms with Crippen molar-refractivity contribution in [3.05, 3.63) is 35.9 Å². The molecule has 0 N–H and O–H groups in total. The van der Waals surface area contributed by atoms with Gasteiger partial charge < -0.3 is 4.90 Å². The lowest BCUT2D eigenvalue weighted by Crippen LogP contribution is -2.38. The molecule has 1 saturated heterocycles. The zero-order chi connectivity index (χ0) is 11.2. The summed E-state index contributed by atoms with van der Waals surface area (Å²) in [5.41, 5.74) is 1.40. The Labute approximate surface area is 97.9 Å². The monoisotopic (exact) mass is 218 g/mol. The van der Waals surface area contributed by atoms with E-state index in [0.29, 0.717) is 0 Å². The van der Waals surface area contributed by atoms with Crippen molar-refractivity contribution in [2.75, 3.05) is 19.6 Å². The van der Waals surface area contributed by atoms with Crippen molar-refractivity contribution in [2.24, 2.45) is 0 Å². The molecule has 0 amide bonds. The molecule has 1 aromatic rings. The van der Waals surface area contributed by atoms with Crippen molar-refractivity contribution in [3.63, 3.8) is 0 Å². The Kier molecular flexibility index (Phi) is 4.37. The molecular weight excluding hydrogens is 198 g/mol. The number of aryl methyl sites for hydroxylation is 1. The Morgan fingerprint density at radius 1 is 1.25 bits per heavy atom. The molecule has 0 aliphatic carbocycles. The largest absolute Gasteiger partial charge is 0.301 e. The summed E-state index contributed by atoms with van der Waals surface area (Å²) in [6.45, 7) is 2.95. The quantitative estimate of drug-likeness (QED) is 0.761. The average Bonchev–Trinajstić information content (AvgIpc) is 2.30. The molecule has 16 heavy (non-hydrogen) atoms. The highest BCUT2D eigenvalue weighted by Gasteiger charge is 2.17. The van der Waals surface area contributed by atoms with E-state index in [9.17, 15) is 5.11 Å². The average molecular weight is 218 g/mol. The first-order valence-corrected chi connectivity index (χ1v) is 6.27. The number of hydrogen-bond acceptors (Lipinski definition) is 1. The van der Waals surface area contributed by atoms with Crippen LogP contribution < -0.4 is 0 Å². The highest BCUT2D eigenvalue weighted by atomic mass is 16.3. The fraction of sp³-hybridized carbons (Fsp3) is 0.571. The molecule has 0 aromatic heterocycles. The van der Waals surface area contributed by atoms with Gasteiger partial charge in [0.15, 0.2) is 0 Å². The Morgan fingerprint density at radius 2 is 2.06 bits per heavy atom. The summed E-state index contributed by atoms with van der Waals surface area (Å²) in [6, 6.07) is 10.6. The molecule has 87 valence electrons. The molecule has 1 aliphatic heterocycles. The van der Waals surface area contributed by atoms with E-state index in [1.54, 1.807) is 0 Å². The Balaban J connectivity index is 1.68. The summed E-state index contributed by atoms with van der Waals surface area (Å²) in [4.78, 5) is 2.32. The lowest BCUT2D eigenvalue weighted by molar-refractivity contribution is 0.0179. The van der Waals surface area contributed by atoms with Crippen molar-refractivity contribution in [1.29, 1.82) is 0 Å². The molecule has 1 aliphatic rings.